The van der Waals surface area contributed by atoms with Gasteiger partial charge in [-0.25, -0.2) is 4.39 Å². The van der Waals surface area contributed by atoms with Crippen molar-refractivity contribution in [2.24, 2.45) is 5.73 Å². The minimum atomic E-state index is -0.179. The van der Waals surface area contributed by atoms with Gasteiger partial charge >= 0.3 is 0 Å². The molecular weight excluding hydrogens is 271 g/mol. The van der Waals surface area contributed by atoms with E-state index < -0.39 is 0 Å². The van der Waals surface area contributed by atoms with Gasteiger partial charge in [-0.2, -0.15) is 0 Å². The van der Waals surface area contributed by atoms with Gasteiger partial charge in [-0.05, 0) is 50.1 Å². The molecule has 0 fully saturated rings. The molecule has 4 heteroatoms. The summed E-state index contributed by atoms with van der Waals surface area (Å²) in [6.07, 6.45) is 0.961. The van der Waals surface area contributed by atoms with Crippen LogP contribution in [0.3, 0.4) is 0 Å². The quantitative estimate of drug-likeness (QED) is 0.935. The first-order valence-electron chi connectivity index (χ1n) is 6.93. The van der Waals surface area contributed by atoms with Gasteiger partial charge in [-0.15, -0.1) is 11.3 Å². The smallest absolute Gasteiger partial charge is 0.125 e. The van der Waals surface area contributed by atoms with Crippen molar-refractivity contribution in [3.8, 4) is 0 Å². The summed E-state index contributed by atoms with van der Waals surface area (Å²) in [5, 5.41) is 0. The predicted octanol–water partition coefficient (Wildman–Crippen LogP) is 3.65. The Balaban J connectivity index is 2.01. The maximum absolute atomic E-state index is 13.6. The SMILES string of the molecule is Cc1ccc(C(C(C)N)N2CCc3ccc(F)cc32)s1. The van der Waals surface area contributed by atoms with Crippen LogP contribution in [0.25, 0.3) is 0 Å². The maximum Gasteiger partial charge on any atom is 0.125 e. The summed E-state index contributed by atoms with van der Waals surface area (Å²) in [4.78, 5) is 4.80. The Labute approximate surface area is 123 Å². The van der Waals surface area contributed by atoms with Gasteiger partial charge in [0.2, 0.25) is 0 Å². The van der Waals surface area contributed by atoms with E-state index in [2.05, 4.69) is 24.0 Å². The van der Waals surface area contributed by atoms with Gasteiger partial charge in [0.25, 0.3) is 0 Å². The van der Waals surface area contributed by atoms with Gasteiger partial charge < -0.3 is 10.6 Å². The number of rotatable bonds is 3. The highest BCUT2D eigenvalue weighted by Gasteiger charge is 2.30. The molecule has 106 valence electrons. The van der Waals surface area contributed by atoms with Crippen LogP contribution in [-0.2, 0) is 6.42 Å². The van der Waals surface area contributed by atoms with Crippen molar-refractivity contribution in [1.82, 2.24) is 0 Å². The highest BCUT2D eigenvalue weighted by Crippen LogP contribution is 2.38. The predicted molar refractivity (Wildman–Crippen MR) is 82.9 cm³/mol. The summed E-state index contributed by atoms with van der Waals surface area (Å²) in [6.45, 7) is 5.03. The molecule has 2 nitrogen and oxygen atoms in total. The van der Waals surface area contributed by atoms with Crippen LogP contribution in [0.2, 0.25) is 0 Å². The minimum absolute atomic E-state index is 0.00210. The normalized spacial score (nSPS) is 17.1. The molecule has 0 radical (unpaired) electrons. The maximum atomic E-state index is 13.6. The molecule has 0 saturated heterocycles. The first kappa shape index (κ1) is 13.6. The molecule has 0 aliphatic carbocycles. The lowest BCUT2D eigenvalue weighted by molar-refractivity contribution is 0.548. The average molecular weight is 290 g/mol. The number of benzene rings is 1. The number of hydrogen-bond donors (Lipinski definition) is 1. The second kappa shape index (κ2) is 5.19. The van der Waals surface area contributed by atoms with E-state index in [0.29, 0.717) is 0 Å². The van der Waals surface area contributed by atoms with E-state index in [9.17, 15) is 4.39 Å². The highest BCUT2D eigenvalue weighted by atomic mass is 32.1. The molecule has 3 rings (SSSR count). The summed E-state index contributed by atoms with van der Waals surface area (Å²) in [6, 6.07) is 9.46. The van der Waals surface area contributed by atoms with Crippen molar-refractivity contribution < 1.29 is 4.39 Å². The van der Waals surface area contributed by atoms with E-state index in [1.165, 1.54) is 15.3 Å². The van der Waals surface area contributed by atoms with E-state index in [-0.39, 0.29) is 17.9 Å². The van der Waals surface area contributed by atoms with E-state index >= 15 is 0 Å². The number of nitrogens with two attached hydrogens (primary N) is 1. The molecular formula is C16H19FN2S. The van der Waals surface area contributed by atoms with E-state index in [4.69, 9.17) is 5.73 Å². The van der Waals surface area contributed by atoms with Gasteiger partial charge in [0.1, 0.15) is 5.82 Å². The van der Waals surface area contributed by atoms with Crippen LogP contribution in [0.1, 0.15) is 28.3 Å². The third-order valence-electron chi connectivity index (χ3n) is 3.87. The molecule has 2 heterocycles. The average Bonchev–Trinajstić information content (AvgIpc) is 2.97. The summed E-state index contributed by atoms with van der Waals surface area (Å²) in [5.74, 6) is -0.179. The Morgan fingerprint density at radius 2 is 2.10 bits per heavy atom. The molecule has 1 aliphatic heterocycles. The standard InChI is InChI=1S/C16H19FN2S/c1-10-3-6-15(20-10)16(11(2)18)19-8-7-12-4-5-13(17)9-14(12)19/h3-6,9,11,16H,7-8,18H2,1-2H3. The Kier molecular flexibility index (Phi) is 3.52. The molecule has 0 amide bonds. The van der Waals surface area contributed by atoms with E-state index in [1.54, 1.807) is 23.5 Å². The van der Waals surface area contributed by atoms with Crippen molar-refractivity contribution in [1.29, 1.82) is 0 Å². The lowest BCUT2D eigenvalue weighted by Gasteiger charge is -2.32. The number of thiophene rings is 1. The van der Waals surface area contributed by atoms with Crippen LogP contribution in [-0.4, -0.2) is 12.6 Å². The van der Waals surface area contributed by atoms with Crippen LogP contribution in [0.5, 0.6) is 0 Å². The fourth-order valence-electron chi connectivity index (χ4n) is 2.97. The van der Waals surface area contributed by atoms with Gasteiger partial charge in [-0.3, -0.25) is 0 Å². The molecule has 2 N–H and O–H groups in total. The van der Waals surface area contributed by atoms with Crippen molar-refractivity contribution >= 4 is 17.0 Å². The molecule has 1 aromatic carbocycles. The number of halogens is 1. The Bertz CT molecular complexity index is 621. The van der Waals surface area contributed by atoms with Crippen LogP contribution in [0.4, 0.5) is 10.1 Å². The second-order valence-electron chi connectivity index (χ2n) is 5.47. The molecule has 0 spiro atoms. The minimum Gasteiger partial charge on any atom is -0.361 e. The Hall–Kier alpha value is -1.39. The zero-order valence-corrected chi connectivity index (χ0v) is 12.6. The van der Waals surface area contributed by atoms with Crippen molar-refractivity contribution in [3.05, 3.63) is 51.5 Å². The molecule has 1 aliphatic rings. The number of aryl methyl sites for hydroxylation is 1. The van der Waals surface area contributed by atoms with Crippen LogP contribution >= 0.6 is 11.3 Å². The molecule has 2 aromatic rings. The largest absolute Gasteiger partial charge is 0.361 e. The second-order valence-corrected chi connectivity index (χ2v) is 6.79. The third kappa shape index (κ3) is 2.34. The number of anilines is 1. The number of nitrogens with zero attached hydrogens (tertiary/aromatic N) is 1. The van der Waals surface area contributed by atoms with Crippen molar-refractivity contribution in [2.45, 2.75) is 32.4 Å². The lowest BCUT2D eigenvalue weighted by Crippen LogP contribution is -2.38. The summed E-state index contributed by atoms with van der Waals surface area (Å²) < 4.78 is 13.6. The molecule has 2 atom stereocenters. The number of fused-ring (bicyclic) bond motifs is 1. The zero-order chi connectivity index (χ0) is 14.3. The molecule has 0 saturated carbocycles. The Morgan fingerprint density at radius 3 is 2.75 bits per heavy atom. The highest BCUT2D eigenvalue weighted by molar-refractivity contribution is 7.12. The van der Waals surface area contributed by atoms with Gasteiger partial charge in [0, 0.05) is 28.0 Å². The fraction of sp³-hybridized carbons (Fsp3) is 0.375. The monoisotopic (exact) mass is 290 g/mol. The first-order valence-corrected chi connectivity index (χ1v) is 7.75. The van der Waals surface area contributed by atoms with E-state index in [0.717, 1.165) is 18.7 Å². The Morgan fingerprint density at radius 1 is 1.30 bits per heavy atom. The summed E-state index contributed by atoms with van der Waals surface area (Å²) >= 11 is 1.77. The molecule has 0 bridgehead atoms. The first-order chi connectivity index (χ1) is 9.56. The summed E-state index contributed by atoms with van der Waals surface area (Å²) in [7, 11) is 0. The van der Waals surface area contributed by atoms with E-state index in [1.807, 2.05) is 13.0 Å². The van der Waals surface area contributed by atoms with Gasteiger partial charge in [0.05, 0.1) is 6.04 Å². The van der Waals surface area contributed by atoms with Gasteiger partial charge in [0.15, 0.2) is 0 Å². The number of hydrogen-bond acceptors (Lipinski definition) is 3. The van der Waals surface area contributed by atoms with Crippen LogP contribution < -0.4 is 10.6 Å². The van der Waals surface area contributed by atoms with Gasteiger partial charge in [-0.1, -0.05) is 6.07 Å². The molecule has 1 aromatic heterocycles. The third-order valence-corrected chi connectivity index (χ3v) is 4.94. The topological polar surface area (TPSA) is 29.3 Å². The fourth-order valence-corrected chi connectivity index (χ4v) is 4.08. The zero-order valence-electron chi connectivity index (χ0n) is 11.8. The van der Waals surface area contributed by atoms with Crippen molar-refractivity contribution in [2.75, 3.05) is 11.4 Å². The molecule has 20 heavy (non-hydrogen) atoms. The summed E-state index contributed by atoms with van der Waals surface area (Å²) in [5.41, 5.74) is 8.44. The van der Waals surface area contributed by atoms with Crippen LogP contribution in [0.15, 0.2) is 30.3 Å². The lowest BCUT2D eigenvalue weighted by atomic mass is 10.1. The van der Waals surface area contributed by atoms with Crippen molar-refractivity contribution in [3.63, 3.8) is 0 Å². The van der Waals surface area contributed by atoms with Crippen LogP contribution in [0, 0.1) is 12.7 Å². The molecule has 2 unspecified atom stereocenters.